The van der Waals surface area contributed by atoms with Crippen LogP contribution >= 0.6 is 11.6 Å². The zero-order valence-electron chi connectivity index (χ0n) is 18.9. The van der Waals surface area contributed by atoms with E-state index in [-0.39, 0.29) is 23.4 Å². The van der Waals surface area contributed by atoms with E-state index in [0.717, 1.165) is 70.8 Å². The summed E-state index contributed by atoms with van der Waals surface area (Å²) in [6, 6.07) is 0.499. The maximum atomic E-state index is 13.2. The summed E-state index contributed by atoms with van der Waals surface area (Å²) in [6.45, 7) is 9.50. The molecule has 3 fully saturated rings. The molecule has 0 saturated carbocycles. The van der Waals surface area contributed by atoms with Gasteiger partial charge in [0.25, 0.3) is 5.91 Å². The first kappa shape index (κ1) is 21.9. The minimum absolute atomic E-state index is 0.0779. The molecule has 0 unspecified atom stereocenters. The summed E-state index contributed by atoms with van der Waals surface area (Å²) in [5.41, 5.74) is 1.16. The Kier molecular flexibility index (Phi) is 6.22. The molecule has 2 aromatic rings. The molecule has 2 aromatic heterocycles. The zero-order chi connectivity index (χ0) is 22.2. The molecule has 0 aromatic carbocycles. The maximum absolute atomic E-state index is 13.2. The van der Waals surface area contributed by atoms with Gasteiger partial charge in [0.1, 0.15) is 0 Å². The predicted molar refractivity (Wildman–Crippen MR) is 123 cm³/mol. The molecule has 3 aliphatic heterocycles. The summed E-state index contributed by atoms with van der Waals surface area (Å²) in [7, 11) is 0. The van der Waals surface area contributed by atoms with E-state index in [9.17, 15) is 4.79 Å². The van der Waals surface area contributed by atoms with Crippen LogP contribution in [0.25, 0.3) is 11.2 Å². The second kappa shape index (κ2) is 9.11. The molecule has 5 rings (SSSR count). The number of carbonyl (C=O) groups excluding carboxylic acids is 1. The normalized spacial score (nSPS) is 26.1. The lowest BCUT2D eigenvalue weighted by atomic mass is 10.0. The van der Waals surface area contributed by atoms with Crippen molar-refractivity contribution in [3.8, 4) is 0 Å². The van der Waals surface area contributed by atoms with Crippen molar-refractivity contribution in [3.63, 3.8) is 0 Å². The maximum Gasteiger partial charge on any atom is 0.289 e. The van der Waals surface area contributed by atoms with Crippen LogP contribution in [-0.2, 0) is 4.74 Å². The van der Waals surface area contributed by atoms with Crippen LogP contribution in [0.5, 0.6) is 0 Å². The fraction of sp³-hybridized carbons (Fsp3) is 0.727. The van der Waals surface area contributed by atoms with E-state index >= 15 is 0 Å². The van der Waals surface area contributed by atoms with Gasteiger partial charge in [0.15, 0.2) is 22.8 Å². The Morgan fingerprint density at radius 2 is 1.69 bits per heavy atom. The Labute approximate surface area is 193 Å². The smallest absolute Gasteiger partial charge is 0.289 e. The standard InChI is InChI=1S/C22H32ClN7O2/c1-14-12-30(13-15(2)32-14)16-6-10-29(11-7-16)21(31)19-24-17-18(25-19)26-22(23)27-20(17)28-8-4-3-5-9-28/h14-16H,3-13H2,1-2H3,(H,24,25,26,27)/t14-,15+. The van der Waals surface area contributed by atoms with Crippen molar-refractivity contribution in [1.82, 2.24) is 29.7 Å². The van der Waals surface area contributed by atoms with E-state index < -0.39 is 0 Å². The highest BCUT2D eigenvalue weighted by Crippen LogP contribution is 2.27. The molecule has 32 heavy (non-hydrogen) atoms. The van der Waals surface area contributed by atoms with Gasteiger partial charge in [-0.1, -0.05) is 0 Å². The first-order valence-electron chi connectivity index (χ1n) is 11.8. The Bertz CT molecular complexity index is 959. The third-order valence-corrected chi connectivity index (χ3v) is 7.04. The molecule has 0 bridgehead atoms. The number of carbonyl (C=O) groups is 1. The highest BCUT2D eigenvalue weighted by Gasteiger charge is 2.33. The van der Waals surface area contributed by atoms with E-state index in [0.29, 0.717) is 23.0 Å². The topological polar surface area (TPSA) is 90.5 Å². The average Bonchev–Trinajstić information content (AvgIpc) is 3.22. The number of fused-ring (bicyclic) bond motifs is 1. The number of H-pyrrole nitrogens is 1. The molecule has 2 atom stereocenters. The number of amides is 1. The van der Waals surface area contributed by atoms with Gasteiger partial charge in [-0.05, 0) is 57.6 Å². The van der Waals surface area contributed by atoms with E-state index in [1.54, 1.807) is 0 Å². The first-order chi connectivity index (χ1) is 15.5. The first-order valence-corrected chi connectivity index (χ1v) is 12.2. The Morgan fingerprint density at radius 3 is 2.38 bits per heavy atom. The number of rotatable bonds is 3. The predicted octanol–water partition coefficient (Wildman–Crippen LogP) is 2.71. The monoisotopic (exact) mass is 461 g/mol. The second-order valence-electron chi connectivity index (χ2n) is 9.38. The number of aromatic amines is 1. The van der Waals surface area contributed by atoms with E-state index in [2.05, 4.69) is 43.6 Å². The van der Waals surface area contributed by atoms with Gasteiger partial charge in [-0.2, -0.15) is 9.97 Å². The molecule has 1 N–H and O–H groups in total. The third kappa shape index (κ3) is 4.43. The number of imidazole rings is 1. The molecule has 0 radical (unpaired) electrons. The van der Waals surface area contributed by atoms with Crippen molar-refractivity contribution in [1.29, 1.82) is 0 Å². The van der Waals surface area contributed by atoms with Crippen molar-refractivity contribution in [2.75, 3.05) is 44.2 Å². The van der Waals surface area contributed by atoms with Gasteiger partial charge >= 0.3 is 0 Å². The van der Waals surface area contributed by atoms with E-state index in [4.69, 9.17) is 16.3 Å². The fourth-order valence-electron chi connectivity index (χ4n) is 5.39. The number of ether oxygens (including phenoxy) is 1. The quantitative estimate of drug-likeness (QED) is 0.702. The number of nitrogens with one attached hydrogen (secondary N) is 1. The van der Waals surface area contributed by atoms with Crippen molar-refractivity contribution >= 4 is 34.5 Å². The Balaban J connectivity index is 1.29. The number of hydrogen-bond acceptors (Lipinski definition) is 7. The van der Waals surface area contributed by atoms with Crippen LogP contribution in [0.2, 0.25) is 5.28 Å². The lowest BCUT2D eigenvalue weighted by Gasteiger charge is -2.43. The summed E-state index contributed by atoms with van der Waals surface area (Å²) >= 11 is 6.19. The molecule has 9 nitrogen and oxygen atoms in total. The number of halogens is 1. The number of piperidine rings is 2. The number of hydrogen-bond donors (Lipinski definition) is 1. The Hall–Kier alpha value is -1.97. The summed E-state index contributed by atoms with van der Waals surface area (Å²) in [4.78, 5) is 36.3. The highest BCUT2D eigenvalue weighted by atomic mass is 35.5. The minimum atomic E-state index is -0.0779. The number of nitrogens with zero attached hydrogens (tertiary/aromatic N) is 6. The minimum Gasteiger partial charge on any atom is -0.373 e. The summed E-state index contributed by atoms with van der Waals surface area (Å²) < 4.78 is 5.87. The van der Waals surface area contributed by atoms with Crippen molar-refractivity contribution in [3.05, 3.63) is 11.1 Å². The zero-order valence-corrected chi connectivity index (χ0v) is 19.6. The third-order valence-electron chi connectivity index (χ3n) is 6.87. The van der Waals surface area contributed by atoms with Gasteiger partial charge in [-0.15, -0.1) is 0 Å². The van der Waals surface area contributed by atoms with Crippen LogP contribution in [0.4, 0.5) is 5.82 Å². The summed E-state index contributed by atoms with van der Waals surface area (Å²) in [6.07, 6.45) is 5.92. The SMILES string of the molecule is C[C@@H]1CN(C2CCN(C(=O)c3nc4c(N5CCCCC5)nc(Cl)nc4[nH]3)CC2)C[C@H](C)O1. The van der Waals surface area contributed by atoms with Crippen LogP contribution in [0, 0.1) is 0 Å². The van der Waals surface area contributed by atoms with Crippen LogP contribution < -0.4 is 4.90 Å². The number of aromatic nitrogens is 4. The fourth-order valence-corrected chi connectivity index (χ4v) is 5.55. The van der Waals surface area contributed by atoms with Crippen LogP contribution in [0.3, 0.4) is 0 Å². The Morgan fingerprint density at radius 1 is 1.00 bits per heavy atom. The van der Waals surface area contributed by atoms with Gasteiger partial charge in [-0.25, -0.2) is 4.98 Å². The molecule has 10 heteroatoms. The molecule has 174 valence electrons. The van der Waals surface area contributed by atoms with Crippen LogP contribution in [0.15, 0.2) is 0 Å². The lowest BCUT2D eigenvalue weighted by molar-refractivity contribution is -0.0856. The van der Waals surface area contributed by atoms with Crippen molar-refractivity contribution in [2.45, 2.75) is 64.2 Å². The molecule has 3 saturated heterocycles. The number of anilines is 1. The van der Waals surface area contributed by atoms with Crippen molar-refractivity contribution in [2.24, 2.45) is 0 Å². The van der Waals surface area contributed by atoms with Crippen LogP contribution in [-0.4, -0.2) is 93.2 Å². The number of morpholine rings is 1. The molecule has 3 aliphatic rings. The summed E-state index contributed by atoms with van der Waals surface area (Å²) in [5, 5.41) is 0.176. The van der Waals surface area contributed by atoms with Gasteiger partial charge in [0.05, 0.1) is 12.2 Å². The molecule has 0 aliphatic carbocycles. The van der Waals surface area contributed by atoms with Crippen molar-refractivity contribution < 1.29 is 9.53 Å². The second-order valence-corrected chi connectivity index (χ2v) is 9.72. The molecule has 0 spiro atoms. The van der Waals surface area contributed by atoms with Crippen LogP contribution in [0.1, 0.15) is 56.6 Å². The highest BCUT2D eigenvalue weighted by molar-refractivity contribution is 6.28. The van der Waals surface area contributed by atoms with E-state index in [1.165, 1.54) is 6.42 Å². The van der Waals surface area contributed by atoms with Gasteiger partial charge in [0.2, 0.25) is 5.28 Å². The molecule has 1 amide bonds. The van der Waals surface area contributed by atoms with Gasteiger partial charge in [-0.3, -0.25) is 9.69 Å². The van der Waals surface area contributed by atoms with E-state index in [1.807, 2.05) is 4.90 Å². The summed E-state index contributed by atoms with van der Waals surface area (Å²) in [5.74, 6) is 0.969. The van der Waals surface area contributed by atoms with Gasteiger partial charge < -0.3 is 19.5 Å². The van der Waals surface area contributed by atoms with Gasteiger partial charge in [0, 0.05) is 45.3 Å². The molecular weight excluding hydrogens is 430 g/mol. The number of likely N-dealkylation sites (tertiary alicyclic amines) is 1. The molecule has 5 heterocycles. The largest absolute Gasteiger partial charge is 0.373 e. The lowest BCUT2D eigenvalue weighted by Crippen LogP contribution is -2.53. The molecular formula is C22H32ClN7O2. The average molecular weight is 462 g/mol.